The van der Waals surface area contributed by atoms with Crippen LogP contribution < -0.4 is 0 Å². The fraction of sp³-hybridized carbons (Fsp3) is 0.524. The first kappa shape index (κ1) is 17.1. The highest BCUT2D eigenvalue weighted by atomic mass is 16.5. The summed E-state index contributed by atoms with van der Waals surface area (Å²) in [4.78, 5) is 11.8. The van der Waals surface area contributed by atoms with E-state index < -0.39 is 11.4 Å². The van der Waals surface area contributed by atoms with Gasteiger partial charge in [-0.05, 0) is 56.6 Å². The van der Waals surface area contributed by atoms with Crippen LogP contribution in [0.2, 0.25) is 0 Å². The maximum atomic E-state index is 11.8. The molecule has 2 fully saturated rings. The van der Waals surface area contributed by atoms with Crippen molar-refractivity contribution in [2.45, 2.75) is 57.0 Å². The summed E-state index contributed by atoms with van der Waals surface area (Å²) in [6, 6.07) is 6.47. The van der Waals surface area contributed by atoms with Crippen LogP contribution in [0.4, 0.5) is 0 Å². The molecule has 1 saturated heterocycles. The van der Waals surface area contributed by atoms with Gasteiger partial charge in [0.1, 0.15) is 0 Å². The Morgan fingerprint density at radius 2 is 2.08 bits per heavy atom. The Bertz CT molecular complexity index is 937. The van der Waals surface area contributed by atoms with Crippen LogP contribution in [0.15, 0.2) is 24.5 Å². The third kappa shape index (κ3) is 2.52. The summed E-state index contributed by atoms with van der Waals surface area (Å²) in [5.41, 5.74) is 2.16. The minimum Gasteiger partial charge on any atom is -0.478 e. The second-order valence-electron chi connectivity index (χ2n) is 8.46. The van der Waals surface area contributed by atoms with E-state index >= 15 is 0 Å². The molecule has 136 valence electrons. The number of pyridine rings is 1. The number of nitriles is 1. The van der Waals surface area contributed by atoms with Gasteiger partial charge in [0.2, 0.25) is 0 Å². The van der Waals surface area contributed by atoms with Crippen molar-refractivity contribution in [1.82, 2.24) is 4.40 Å². The molecule has 3 heterocycles. The molecule has 0 aromatic carbocycles. The Balaban J connectivity index is 1.81. The van der Waals surface area contributed by atoms with Crippen molar-refractivity contribution >= 4 is 11.5 Å². The first-order chi connectivity index (χ1) is 12.3. The predicted molar refractivity (Wildman–Crippen MR) is 97.4 cm³/mol. The molecule has 1 saturated carbocycles. The molecule has 3 atom stereocenters. The summed E-state index contributed by atoms with van der Waals surface area (Å²) in [6.07, 6.45) is 6.34. The van der Waals surface area contributed by atoms with E-state index in [4.69, 9.17) is 4.74 Å². The molecule has 0 amide bonds. The van der Waals surface area contributed by atoms with Gasteiger partial charge in [0.15, 0.2) is 0 Å². The van der Waals surface area contributed by atoms with E-state index in [0.29, 0.717) is 11.5 Å². The van der Waals surface area contributed by atoms with Crippen molar-refractivity contribution in [1.29, 1.82) is 5.26 Å². The average Bonchev–Trinajstić information content (AvgIpc) is 3.09. The molecule has 2 aromatic rings. The Hall–Kier alpha value is -2.32. The number of aromatic carboxylic acids is 1. The number of rotatable bonds is 3. The topological polar surface area (TPSA) is 74.7 Å². The minimum atomic E-state index is -0.967. The molecule has 0 unspecified atom stereocenters. The SMILES string of the molecule is C[C@H]1C[C@]1(C#N)c1c(C(=O)O)cn2cc([C@@H]3CCOC(C)(C)C3)ccc12. The Labute approximate surface area is 153 Å². The molecule has 0 bridgehead atoms. The first-order valence-corrected chi connectivity index (χ1v) is 9.21. The average molecular weight is 352 g/mol. The number of fused-ring (bicyclic) bond motifs is 1. The Kier molecular flexibility index (Phi) is 3.68. The van der Waals surface area contributed by atoms with E-state index in [9.17, 15) is 15.2 Å². The van der Waals surface area contributed by atoms with Gasteiger partial charge < -0.3 is 14.2 Å². The Morgan fingerprint density at radius 3 is 2.65 bits per heavy atom. The van der Waals surface area contributed by atoms with Crippen LogP contribution in [0.5, 0.6) is 0 Å². The number of hydrogen-bond acceptors (Lipinski definition) is 3. The van der Waals surface area contributed by atoms with Crippen LogP contribution in [0, 0.1) is 17.2 Å². The highest BCUT2D eigenvalue weighted by molar-refractivity contribution is 5.94. The molecular weight excluding hydrogens is 328 g/mol. The zero-order chi connectivity index (χ0) is 18.7. The summed E-state index contributed by atoms with van der Waals surface area (Å²) in [5, 5.41) is 19.4. The zero-order valence-corrected chi connectivity index (χ0v) is 15.5. The molecular formula is C21H24N2O3. The summed E-state index contributed by atoms with van der Waals surface area (Å²) >= 11 is 0. The van der Waals surface area contributed by atoms with Gasteiger partial charge in [-0.2, -0.15) is 5.26 Å². The van der Waals surface area contributed by atoms with Crippen molar-refractivity contribution in [3.8, 4) is 6.07 Å². The summed E-state index contributed by atoms with van der Waals surface area (Å²) < 4.78 is 7.72. The molecule has 1 aliphatic heterocycles. The van der Waals surface area contributed by atoms with Gasteiger partial charge in [0.05, 0.1) is 28.2 Å². The van der Waals surface area contributed by atoms with E-state index in [0.717, 1.165) is 31.4 Å². The number of nitrogens with zero attached hydrogens (tertiary/aromatic N) is 2. The fourth-order valence-electron chi connectivity index (χ4n) is 4.57. The van der Waals surface area contributed by atoms with Crippen LogP contribution in [0.1, 0.15) is 67.4 Å². The van der Waals surface area contributed by atoms with Gasteiger partial charge in [0.25, 0.3) is 0 Å². The van der Waals surface area contributed by atoms with Crippen LogP contribution in [-0.2, 0) is 10.2 Å². The van der Waals surface area contributed by atoms with Crippen molar-refractivity contribution in [3.63, 3.8) is 0 Å². The van der Waals surface area contributed by atoms with Crippen LogP contribution in [0.25, 0.3) is 5.52 Å². The number of carboxylic acids is 1. The maximum absolute atomic E-state index is 11.8. The maximum Gasteiger partial charge on any atom is 0.337 e. The smallest absolute Gasteiger partial charge is 0.337 e. The van der Waals surface area contributed by atoms with Gasteiger partial charge in [-0.25, -0.2) is 4.79 Å². The monoisotopic (exact) mass is 352 g/mol. The highest BCUT2D eigenvalue weighted by Gasteiger charge is 2.56. The van der Waals surface area contributed by atoms with E-state index in [1.54, 1.807) is 6.20 Å². The fourth-order valence-corrected chi connectivity index (χ4v) is 4.57. The van der Waals surface area contributed by atoms with Crippen LogP contribution in [0.3, 0.4) is 0 Å². The molecule has 2 aliphatic rings. The largest absolute Gasteiger partial charge is 0.478 e. The molecule has 0 radical (unpaired) electrons. The lowest BCUT2D eigenvalue weighted by molar-refractivity contribution is -0.0593. The molecule has 1 aliphatic carbocycles. The second-order valence-corrected chi connectivity index (χ2v) is 8.46. The van der Waals surface area contributed by atoms with Crippen molar-refractivity contribution < 1.29 is 14.6 Å². The van der Waals surface area contributed by atoms with E-state index in [1.165, 1.54) is 5.56 Å². The quantitative estimate of drug-likeness (QED) is 0.902. The molecule has 2 aromatic heterocycles. The van der Waals surface area contributed by atoms with Crippen molar-refractivity contribution in [2.75, 3.05) is 6.61 Å². The number of aromatic nitrogens is 1. The molecule has 26 heavy (non-hydrogen) atoms. The molecule has 5 nitrogen and oxygen atoms in total. The Morgan fingerprint density at radius 1 is 1.35 bits per heavy atom. The number of carboxylic acid groups (broad SMARTS) is 1. The zero-order valence-electron chi connectivity index (χ0n) is 15.5. The second kappa shape index (κ2) is 5.59. The van der Waals surface area contributed by atoms with Crippen LogP contribution in [-0.4, -0.2) is 27.7 Å². The third-order valence-corrected chi connectivity index (χ3v) is 6.15. The first-order valence-electron chi connectivity index (χ1n) is 9.21. The third-order valence-electron chi connectivity index (χ3n) is 6.15. The van der Waals surface area contributed by atoms with Gasteiger partial charge in [-0.3, -0.25) is 0 Å². The summed E-state index contributed by atoms with van der Waals surface area (Å²) in [7, 11) is 0. The summed E-state index contributed by atoms with van der Waals surface area (Å²) in [5.74, 6) is -0.383. The van der Waals surface area contributed by atoms with E-state index in [-0.39, 0.29) is 17.1 Å². The van der Waals surface area contributed by atoms with Crippen molar-refractivity contribution in [3.05, 3.63) is 41.2 Å². The van der Waals surface area contributed by atoms with Gasteiger partial charge in [-0.15, -0.1) is 0 Å². The lowest BCUT2D eigenvalue weighted by Gasteiger charge is -2.35. The highest BCUT2D eigenvalue weighted by Crippen LogP contribution is 2.56. The van der Waals surface area contributed by atoms with E-state index in [1.807, 2.05) is 23.6 Å². The van der Waals surface area contributed by atoms with Crippen molar-refractivity contribution in [2.24, 2.45) is 5.92 Å². The predicted octanol–water partition coefficient (Wildman–Crippen LogP) is 4.11. The number of ether oxygens (including phenoxy) is 1. The van der Waals surface area contributed by atoms with E-state index in [2.05, 4.69) is 26.0 Å². The summed E-state index contributed by atoms with van der Waals surface area (Å²) in [6.45, 7) is 6.97. The normalized spacial score (nSPS) is 30.1. The van der Waals surface area contributed by atoms with Gasteiger partial charge >= 0.3 is 5.97 Å². The van der Waals surface area contributed by atoms with Gasteiger partial charge in [0, 0.05) is 24.6 Å². The molecule has 5 heteroatoms. The molecule has 0 spiro atoms. The van der Waals surface area contributed by atoms with Crippen LogP contribution >= 0.6 is 0 Å². The number of hydrogen-bond donors (Lipinski definition) is 1. The standard InChI is InChI=1S/C21H24N2O3/c1-13-8-21(13,12-22)18-16(19(24)25)11-23-10-15(4-5-17(18)23)14-6-7-26-20(2,3)9-14/h4-5,10-11,13-14H,6-9H2,1-3H3,(H,24,25)/t13-,14+,21+/m0/s1. The molecule has 1 N–H and O–H groups in total. The lowest BCUT2D eigenvalue weighted by atomic mass is 9.84. The number of carbonyl (C=O) groups is 1. The lowest BCUT2D eigenvalue weighted by Crippen LogP contribution is -2.33. The minimum absolute atomic E-state index is 0.139. The van der Waals surface area contributed by atoms with Gasteiger partial charge in [-0.1, -0.05) is 13.0 Å². The molecule has 4 rings (SSSR count).